The number of hydrogen-bond donors (Lipinski definition) is 0. The topological polar surface area (TPSA) is 40.2 Å². The van der Waals surface area contributed by atoms with Crippen molar-refractivity contribution in [3.05, 3.63) is 30.3 Å². The third-order valence-electron chi connectivity index (χ3n) is 5.99. The summed E-state index contributed by atoms with van der Waals surface area (Å²) in [6.45, 7) is 16.3. The molecule has 0 bridgehead atoms. The maximum absolute atomic E-state index is 6.27. The lowest BCUT2D eigenvalue weighted by atomic mass is 9.87. The molecule has 0 aromatic heterocycles. The highest BCUT2D eigenvalue weighted by Crippen LogP contribution is 2.43. The van der Waals surface area contributed by atoms with Crippen molar-refractivity contribution >= 4 is 20.2 Å². The Labute approximate surface area is 152 Å². The van der Waals surface area contributed by atoms with Gasteiger partial charge in [0.25, 0.3) is 0 Å². The van der Waals surface area contributed by atoms with Crippen LogP contribution in [0.3, 0.4) is 0 Å². The second-order valence-corrected chi connectivity index (χ2v) is 8.87. The van der Waals surface area contributed by atoms with E-state index in [0.717, 1.165) is 5.69 Å². The molecule has 0 atom stereocenters. The third-order valence-corrected chi connectivity index (χ3v) is 5.99. The van der Waals surface area contributed by atoms with Crippen LogP contribution in [-0.4, -0.2) is 36.9 Å². The summed E-state index contributed by atoms with van der Waals surface area (Å²) in [5.74, 6) is 0. The Balaban J connectivity index is 1.96. The Bertz CT molecular complexity index is 565. The van der Waals surface area contributed by atoms with Crippen molar-refractivity contribution in [2.75, 3.05) is 4.72 Å². The van der Waals surface area contributed by atoms with E-state index in [0.29, 0.717) is 0 Å². The number of rotatable bonds is 3. The van der Waals surface area contributed by atoms with Crippen LogP contribution in [0.15, 0.2) is 30.3 Å². The molecular weight excluding hydrogens is 316 g/mol. The van der Waals surface area contributed by atoms with E-state index in [9.17, 15) is 0 Å². The molecule has 3 rings (SSSR count). The fraction of sp³-hybridized carbons (Fsp3) is 0.667. The summed E-state index contributed by atoms with van der Waals surface area (Å²) in [7, 11) is -1.19. The van der Waals surface area contributed by atoms with Gasteiger partial charge >= 0.3 is 14.5 Å². The van der Waals surface area contributed by atoms with Gasteiger partial charge in [0.1, 0.15) is 0 Å². The third kappa shape index (κ3) is 3.12. The molecule has 2 fully saturated rings. The predicted octanol–water partition coefficient (Wildman–Crippen LogP) is 3.67. The molecular formula is C18H29B2NO4. The molecule has 0 unspecified atom stereocenters. The Morgan fingerprint density at radius 3 is 1.24 bits per heavy atom. The van der Waals surface area contributed by atoms with Crippen molar-refractivity contribution in [2.24, 2.45) is 0 Å². The van der Waals surface area contributed by atoms with Crippen molar-refractivity contribution in [1.29, 1.82) is 0 Å². The molecule has 1 aromatic carbocycles. The summed E-state index contributed by atoms with van der Waals surface area (Å²) in [5, 5.41) is 0. The molecule has 0 spiro atoms. The van der Waals surface area contributed by atoms with E-state index in [1.165, 1.54) is 0 Å². The summed E-state index contributed by atoms with van der Waals surface area (Å²) < 4.78 is 27.0. The van der Waals surface area contributed by atoms with E-state index >= 15 is 0 Å². The largest absolute Gasteiger partial charge is 0.585 e. The first kappa shape index (κ1) is 18.8. The number of anilines is 1. The van der Waals surface area contributed by atoms with Crippen molar-refractivity contribution < 1.29 is 18.6 Å². The Morgan fingerprint density at radius 2 is 0.920 bits per heavy atom. The first-order chi connectivity index (χ1) is 11.4. The van der Waals surface area contributed by atoms with Gasteiger partial charge in [-0.05, 0) is 67.5 Å². The normalized spacial score (nSPS) is 26.1. The van der Waals surface area contributed by atoms with Crippen LogP contribution in [0.4, 0.5) is 5.69 Å². The van der Waals surface area contributed by atoms with Gasteiger partial charge in [-0.2, -0.15) is 0 Å². The van der Waals surface area contributed by atoms with Crippen molar-refractivity contribution in [2.45, 2.75) is 77.8 Å². The number of benzene rings is 1. The molecule has 2 aliphatic rings. The Hall–Kier alpha value is -1.01. The van der Waals surface area contributed by atoms with E-state index in [2.05, 4.69) is 0 Å². The first-order valence-electron chi connectivity index (χ1n) is 8.91. The molecule has 136 valence electrons. The molecule has 2 aliphatic heterocycles. The lowest BCUT2D eigenvalue weighted by Gasteiger charge is -2.32. The standard InChI is InChI=1S/C18H29B2NO4/c1-15(2)16(3,4)23-19(22-15)21(14-12-10-9-11-13-14)20-24-17(5,6)18(7,8)25-20/h9-13H,1-8H3. The lowest BCUT2D eigenvalue weighted by molar-refractivity contribution is 0.00578. The SMILES string of the molecule is CC1(C)OB(N(B2OC(C)(C)C(C)(C)O2)c2ccccc2)OC1(C)C. The summed E-state index contributed by atoms with van der Waals surface area (Å²) in [4.78, 5) is 0. The van der Waals surface area contributed by atoms with Gasteiger partial charge in [0, 0.05) is 5.69 Å². The second-order valence-electron chi connectivity index (χ2n) is 8.87. The van der Waals surface area contributed by atoms with Crippen LogP contribution in [0.1, 0.15) is 55.4 Å². The number of hydrogen-bond acceptors (Lipinski definition) is 5. The highest BCUT2D eigenvalue weighted by Gasteiger charge is 2.61. The van der Waals surface area contributed by atoms with Gasteiger partial charge in [0.15, 0.2) is 0 Å². The molecule has 5 nitrogen and oxygen atoms in total. The smallest absolute Gasteiger partial charge is 0.385 e. The zero-order chi connectivity index (χ0) is 18.7. The van der Waals surface area contributed by atoms with Gasteiger partial charge in [-0.25, -0.2) is 0 Å². The van der Waals surface area contributed by atoms with Crippen LogP contribution >= 0.6 is 0 Å². The minimum Gasteiger partial charge on any atom is -0.385 e. The average Bonchev–Trinajstić information content (AvgIpc) is 2.79. The first-order valence-corrected chi connectivity index (χ1v) is 8.91. The maximum Gasteiger partial charge on any atom is 0.585 e. The molecule has 1 aromatic rings. The average molecular weight is 345 g/mol. The van der Waals surface area contributed by atoms with Crippen LogP contribution in [0.2, 0.25) is 0 Å². The van der Waals surface area contributed by atoms with Crippen LogP contribution < -0.4 is 4.72 Å². The van der Waals surface area contributed by atoms with Gasteiger partial charge in [-0.15, -0.1) is 0 Å². The van der Waals surface area contributed by atoms with Gasteiger partial charge in [-0.1, -0.05) is 18.2 Å². The highest BCUT2D eigenvalue weighted by molar-refractivity contribution is 6.72. The van der Waals surface area contributed by atoms with Gasteiger partial charge < -0.3 is 23.3 Å². The van der Waals surface area contributed by atoms with Crippen molar-refractivity contribution in [3.63, 3.8) is 0 Å². The Morgan fingerprint density at radius 1 is 0.600 bits per heavy atom. The molecule has 0 saturated carbocycles. The van der Waals surface area contributed by atoms with Crippen LogP contribution in [-0.2, 0) is 18.6 Å². The molecule has 0 radical (unpaired) electrons. The fourth-order valence-electron chi connectivity index (χ4n) is 2.79. The molecule has 0 amide bonds. The van der Waals surface area contributed by atoms with E-state index in [-0.39, 0.29) is 0 Å². The molecule has 0 N–H and O–H groups in total. The predicted molar refractivity (Wildman–Crippen MR) is 101 cm³/mol. The van der Waals surface area contributed by atoms with E-state index in [4.69, 9.17) is 18.6 Å². The molecule has 7 heteroatoms. The van der Waals surface area contributed by atoms with E-state index in [1.54, 1.807) is 0 Å². The van der Waals surface area contributed by atoms with Gasteiger partial charge in [0.05, 0.1) is 22.4 Å². The van der Waals surface area contributed by atoms with Crippen LogP contribution in [0.25, 0.3) is 0 Å². The summed E-state index contributed by atoms with van der Waals surface area (Å²) in [6, 6.07) is 9.97. The maximum atomic E-state index is 6.27. The van der Waals surface area contributed by atoms with Crippen LogP contribution in [0, 0.1) is 0 Å². The van der Waals surface area contributed by atoms with Crippen LogP contribution in [0.5, 0.6) is 0 Å². The molecule has 2 heterocycles. The zero-order valence-corrected chi connectivity index (χ0v) is 16.6. The number of nitrogens with zero attached hydrogens (tertiary/aromatic N) is 1. The van der Waals surface area contributed by atoms with Crippen molar-refractivity contribution in [3.8, 4) is 0 Å². The van der Waals surface area contributed by atoms with Crippen molar-refractivity contribution in [1.82, 2.24) is 0 Å². The molecule has 2 saturated heterocycles. The number of para-hydroxylation sites is 1. The van der Waals surface area contributed by atoms with Gasteiger partial charge in [0.2, 0.25) is 0 Å². The minimum absolute atomic E-state index is 0.436. The zero-order valence-electron chi connectivity index (χ0n) is 16.6. The summed E-state index contributed by atoms with van der Waals surface area (Å²) in [6.07, 6.45) is 0. The second kappa shape index (κ2) is 5.74. The summed E-state index contributed by atoms with van der Waals surface area (Å²) >= 11 is 0. The lowest BCUT2D eigenvalue weighted by Crippen LogP contribution is -2.53. The van der Waals surface area contributed by atoms with Gasteiger partial charge in [-0.3, -0.25) is 0 Å². The monoisotopic (exact) mass is 345 g/mol. The minimum atomic E-state index is -0.595. The highest BCUT2D eigenvalue weighted by atomic mass is 16.7. The van der Waals surface area contributed by atoms with E-state index < -0.39 is 36.9 Å². The van der Waals surface area contributed by atoms with E-state index in [1.807, 2.05) is 90.4 Å². The Kier molecular flexibility index (Phi) is 4.31. The molecule has 0 aliphatic carbocycles. The molecule has 25 heavy (non-hydrogen) atoms. The summed E-state index contributed by atoms with van der Waals surface area (Å²) in [5.41, 5.74) is -0.815. The fourth-order valence-corrected chi connectivity index (χ4v) is 2.79. The quantitative estimate of drug-likeness (QED) is 0.782.